The van der Waals surface area contributed by atoms with Crippen molar-refractivity contribution in [2.24, 2.45) is 5.73 Å². The number of nitrogens with two attached hydrogens (primary N) is 1. The molecule has 0 aromatic carbocycles. The van der Waals surface area contributed by atoms with E-state index in [1.165, 1.54) is 7.11 Å². The molecule has 0 rings (SSSR count). The number of rotatable bonds is 4. The molecule has 0 aliphatic heterocycles. The fourth-order valence-electron chi connectivity index (χ4n) is 0.273. The molecule has 2 N–H and O–H groups in total. The Labute approximate surface area is 54.2 Å². The van der Waals surface area contributed by atoms with Crippen LogP contribution in [0, 0.1) is 0 Å². The van der Waals surface area contributed by atoms with Crippen LogP contribution in [0.3, 0.4) is 0 Å². The molecule has 52 valence electrons. The molecule has 0 aliphatic carbocycles. The highest BCUT2D eigenvalue weighted by Crippen LogP contribution is 2.18. The molecule has 0 aromatic heterocycles. The number of carbonyl (C=O) groups is 1. The van der Waals surface area contributed by atoms with Gasteiger partial charge in [-0.25, -0.2) is 0 Å². The molecule has 0 saturated heterocycles. The molecule has 1 unspecified atom stereocenters. The van der Waals surface area contributed by atoms with Crippen LogP contribution in [0.2, 0.25) is 0 Å². The van der Waals surface area contributed by atoms with Gasteiger partial charge in [0, 0.05) is 0 Å². The highest BCUT2D eigenvalue weighted by atomic mass is 31.1. The largest absolute Gasteiger partial charge is 0.515 e. The van der Waals surface area contributed by atoms with E-state index in [1.54, 1.807) is 0 Å². The van der Waals surface area contributed by atoms with Crippen molar-refractivity contribution in [3.05, 3.63) is 0 Å². The van der Waals surface area contributed by atoms with E-state index in [0.29, 0.717) is 0 Å². The zero-order valence-corrected chi connectivity index (χ0v) is 6.06. The number of hydrogen-bond acceptors (Lipinski definition) is 4. The zero-order valence-electron chi connectivity index (χ0n) is 5.16. The third kappa shape index (κ3) is 4.21. The minimum Gasteiger partial charge on any atom is -0.324 e. The normalized spacial score (nSPS) is 11.1. The van der Waals surface area contributed by atoms with Gasteiger partial charge >= 0.3 is 8.03 Å². The first-order valence-corrected chi connectivity index (χ1v) is 3.77. The molecule has 0 fully saturated rings. The van der Waals surface area contributed by atoms with E-state index in [-0.39, 0.29) is 18.5 Å². The summed E-state index contributed by atoms with van der Waals surface area (Å²) in [5.41, 5.74) is 4.94. The van der Waals surface area contributed by atoms with Crippen LogP contribution in [0.1, 0.15) is 0 Å². The summed E-state index contributed by atoms with van der Waals surface area (Å²) < 4.78 is 14.8. The predicted octanol–water partition coefficient (Wildman–Crippen LogP) is -0.0970. The molecular formula is C4H9NO3P+. The highest BCUT2D eigenvalue weighted by Gasteiger charge is 2.18. The van der Waals surface area contributed by atoms with Crippen LogP contribution in [-0.4, -0.2) is 25.6 Å². The van der Waals surface area contributed by atoms with Crippen molar-refractivity contribution >= 4 is 13.8 Å². The number of hydrogen-bond donors (Lipinski definition) is 1. The lowest BCUT2D eigenvalue weighted by Crippen LogP contribution is -2.15. The van der Waals surface area contributed by atoms with Crippen molar-refractivity contribution < 1.29 is 13.9 Å². The predicted molar refractivity (Wildman–Crippen MR) is 33.5 cm³/mol. The monoisotopic (exact) mass is 150 g/mol. The van der Waals surface area contributed by atoms with Crippen LogP contribution in [0.4, 0.5) is 0 Å². The van der Waals surface area contributed by atoms with Crippen LogP contribution in [0.25, 0.3) is 0 Å². The molecular weight excluding hydrogens is 141 g/mol. The Kier molecular flexibility index (Phi) is 4.40. The minimum absolute atomic E-state index is 0.0650. The van der Waals surface area contributed by atoms with E-state index >= 15 is 0 Å². The van der Waals surface area contributed by atoms with E-state index in [4.69, 9.17) is 5.73 Å². The van der Waals surface area contributed by atoms with Crippen LogP contribution in [0.15, 0.2) is 0 Å². The Morgan fingerprint density at radius 2 is 2.33 bits per heavy atom. The Hall–Kier alpha value is -0.310. The van der Waals surface area contributed by atoms with Gasteiger partial charge in [-0.2, -0.15) is 0 Å². The van der Waals surface area contributed by atoms with Crippen LogP contribution in [0.5, 0.6) is 0 Å². The van der Waals surface area contributed by atoms with Gasteiger partial charge in [-0.1, -0.05) is 0 Å². The average molecular weight is 150 g/mol. The molecule has 0 spiro atoms. The molecule has 0 aromatic rings. The third-order valence-electron chi connectivity index (χ3n) is 0.737. The summed E-state index contributed by atoms with van der Waals surface area (Å²) in [5.74, 6) is -0.238. The topological polar surface area (TPSA) is 69.4 Å². The Morgan fingerprint density at radius 1 is 1.78 bits per heavy atom. The first-order valence-electron chi connectivity index (χ1n) is 2.41. The fraction of sp³-hybridized carbons (Fsp3) is 0.750. The quantitative estimate of drug-likeness (QED) is 0.568. The Bertz CT molecular complexity index is 111. The molecule has 4 nitrogen and oxygen atoms in total. The highest BCUT2D eigenvalue weighted by molar-refractivity contribution is 7.40. The van der Waals surface area contributed by atoms with Gasteiger partial charge in [-0.15, -0.1) is 4.52 Å². The number of ketones is 1. The molecule has 0 amide bonds. The summed E-state index contributed by atoms with van der Waals surface area (Å²) in [6.45, 7) is -0.0650. The fourth-order valence-corrected chi connectivity index (χ4v) is 0.819. The van der Waals surface area contributed by atoms with Gasteiger partial charge in [-0.3, -0.25) is 4.79 Å². The molecule has 9 heavy (non-hydrogen) atoms. The molecule has 0 heterocycles. The van der Waals surface area contributed by atoms with E-state index in [0.717, 1.165) is 0 Å². The molecule has 1 atom stereocenters. The van der Waals surface area contributed by atoms with Crippen molar-refractivity contribution in [1.82, 2.24) is 0 Å². The van der Waals surface area contributed by atoms with Crippen LogP contribution >= 0.6 is 8.03 Å². The maximum Gasteiger partial charge on any atom is 0.515 e. The van der Waals surface area contributed by atoms with Crippen molar-refractivity contribution in [2.75, 3.05) is 19.8 Å². The zero-order chi connectivity index (χ0) is 7.28. The van der Waals surface area contributed by atoms with Crippen molar-refractivity contribution in [3.8, 4) is 0 Å². The molecule has 5 heteroatoms. The molecule has 0 aliphatic rings. The van der Waals surface area contributed by atoms with Gasteiger partial charge < -0.3 is 5.73 Å². The Balaban J connectivity index is 3.47. The van der Waals surface area contributed by atoms with Crippen LogP contribution in [-0.2, 0) is 13.9 Å². The second-order valence-electron chi connectivity index (χ2n) is 1.42. The first kappa shape index (κ1) is 8.69. The summed E-state index contributed by atoms with van der Waals surface area (Å²) in [5, 5.41) is 0. The van der Waals surface area contributed by atoms with Gasteiger partial charge in [0.2, 0.25) is 6.16 Å². The van der Waals surface area contributed by atoms with Gasteiger partial charge in [0.05, 0.1) is 13.7 Å². The van der Waals surface area contributed by atoms with Gasteiger partial charge in [0.1, 0.15) is 0 Å². The standard InChI is InChI=1S/C4H9NO3P/c1-8-9(7)3-4(6)2-5/h2-3,5H2,1H3/q+1. The molecule has 0 radical (unpaired) electrons. The lowest BCUT2D eigenvalue weighted by atomic mass is 10.5. The first-order chi connectivity index (χ1) is 4.20. The van der Waals surface area contributed by atoms with Gasteiger partial charge in [0.25, 0.3) is 0 Å². The lowest BCUT2D eigenvalue weighted by Gasteiger charge is -1.81. The SMILES string of the molecule is CO[P+](=O)CC(=O)CN. The second kappa shape index (κ2) is 4.56. The summed E-state index contributed by atoms with van der Waals surface area (Å²) >= 11 is 0. The van der Waals surface area contributed by atoms with Gasteiger partial charge in [0.15, 0.2) is 5.78 Å². The second-order valence-corrected chi connectivity index (χ2v) is 2.76. The van der Waals surface area contributed by atoms with E-state index < -0.39 is 8.03 Å². The van der Waals surface area contributed by atoms with E-state index in [1.807, 2.05) is 0 Å². The average Bonchev–Trinajstić information content (AvgIpc) is 1.87. The molecule has 0 saturated carbocycles. The van der Waals surface area contributed by atoms with Gasteiger partial charge in [-0.05, 0) is 4.57 Å². The third-order valence-corrected chi connectivity index (χ3v) is 1.75. The van der Waals surface area contributed by atoms with Crippen molar-refractivity contribution in [3.63, 3.8) is 0 Å². The Morgan fingerprint density at radius 3 is 2.67 bits per heavy atom. The van der Waals surface area contributed by atoms with E-state index in [9.17, 15) is 9.36 Å². The van der Waals surface area contributed by atoms with Crippen molar-refractivity contribution in [1.29, 1.82) is 0 Å². The summed E-state index contributed by atoms with van der Waals surface area (Å²) in [7, 11) is -0.509. The molecule has 0 bridgehead atoms. The van der Waals surface area contributed by atoms with Crippen molar-refractivity contribution in [2.45, 2.75) is 0 Å². The van der Waals surface area contributed by atoms with Crippen LogP contribution < -0.4 is 5.73 Å². The smallest absolute Gasteiger partial charge is 0.324 e. The maximum absolute atomic E-state index is 10.4. The minimum atomic E-state index is -1.80. The number of carbonyl (C=O) groups excluding carboxylic acids is 1. The lowest BCUT2D eigenvalue weighted by molar-refractivity contribution is -0.115. The summed E-state index contributed by atoms with van der Waals surface area (Å²) in [6, 6.07) is 0. The van der Waals surface area contributed by atoms with E-state index in [2.05, 4.69) is 4.52 Å². The maximum atomic E-state index is 10.4. The summed E-state index contributed by atoms with van der Waals surface area (Å²) in [6.07, 6.45) is -0.0671. The summed E-state index contributed by atoms with van der Waals surface area (Å²) in [4.78, 5) is 10.4. The number of Topliss-reactive ketones (excluding diaryl/α,β-unsaturated/α-hetero) is 1.